The maximum Gasteiger partial charge on any atom is 0.188 e. The third-order valence-electron chi connectivity index (χ3n) is 3.55. The van der Waals surface area contributed by atoms with E-state index in [2.05, 4.69) is 4.40 Å². The molecule has 0 N–H and O–H groups in total. The molecule has 2 aromatic carbocycles. The first-order valence-electron chi connectivity index (χ1n) is 8.22. The highest BCUT2D eigenvalue weighted by Crippen LogP contribution is 2.27. The minimum absolute atomic E-state index is 0.0160. The Kier molecular flexibility index (Phi) is 6.81. The SMILES string of the molecule is COCOc1ccc(F)cc1C(=N[S+]([O-])C(C)(C)C)c1ccc(C)cc1. The Hall–Kier alpha value is -1.89. The zero-order valence-electron chi connectivity index (χ0n) is 15.7. The van der Waals surface area contributed by atoms with Gasteiger partial charge in [0.15, 0.2) is 6.79 Å². The van der Waals surface area contributed by atoms with Gasteiger partial charge in [0.2, 0.25) is 0 Å². The highest BCUT2D eigenvalue weighted by molar-refractivity contribution is 7.91. The Morgan fingerprint density at radius 2 is 1.81 bits per heavy atom. The van der Waals surface area contributed by atoms with Crippen LogP contribution in [-0.2, 0) is 16.1 Å². The van der Waals surface area contributed by atoms with Crippen molar-refractivity contribution < 1.29 is 18.4 Å². The summed E-state index contributed by atoms with van der Waals surface area (Å²) in [5.74, 6) is -0.00963. The van der Waals surface area contributed by atoms with Gasteiger partial charge in [0, 0.05) is 12.7 Å². The van der Waals surface area contributed by atoms with Crippen LogP contribution in [-0.4, -0.2) is 28.9 Å². The molecule has 2 rings (SSSR count). The highest BCUT2D eigenvalue weighted by Gasteiger charge is 2.28. The summed E-state index contributed by atoms with van der Waals surface area (Å²) in [4.78, 5) is 0. The lowest BCUT2D eigenvalue weighted by atomic mass is 10.0. The Morgan fingerprint density at radius 1 is 1.15 bits per heavy atom. The van der Waals surface area contributed by atoms with Gasteiger partial charge in [0.05, 0.1) is 5.56 Å². The lowest BCUT2D eigenvalue weighted by Crippen LogP contribution is -2.27. The number of benzene rings is 2. The lowest BCUT2D eigenvalue weighted by molar-refractivity contribution is 0.0509. The molecule has 0 heterocycles. The van der Waals surface area contributed by atoms with E-state index in [1.165, 1.54) is 25.3 Å². The second-order valence-corrected chi connectivity index (χ2v) is 8.76. The van der Waals surface area contributed by atoms with Crippen molar-refractivity contribution in [2.45, 2.75) is 32.4 Å². The van der Waals surface area contributed by atoms with Crippen LogP contribution >= 0.6 is 0 Å². The molecule has 0 saturated heterocycles. The van der Waals surface area contributed by atoms with Crippen molar-refractivity contribution in [2.24, 2.45) is 4.40 Å². The summed E-state index contributed by atoms with van der Waals surface area (Å²) in [5.41, 5.74) is 2.67. The molecule has 140 valence electrons. The second kappa shape index (κ2) is 8.66. The first kappa shape index (κ1) is 20.4. The summed E-state index contributed by atoms with van der Waals surface area (Å²) in [7, 11) is 1.51. The first-order chi connectivity index (χ1) is 12.2. The Labute approximate surface area is 157 Å². The minimum Gasteiger partial charge on any atom is -0.591 e. The molecular formula is C20H24FNO3S. The fraction of sp³-hybridized carbons (Fsp3) is 0.350. The molecule has 1 unspecified atom stereocenters. The van der Waals surface area contributed by atoms with Crippen LogP contribution in [0.2, 0.25) is 0 Å². The maximum absolute atomic E-state index is 14.0. The van der Waals surface area contributed by atoms with E-state index in [1.54, 1.807) is 0 Å². The molecule has 0 aromatic heterocycles. The van der Waals surface area contributed by atoms with Crippen LogP contribution in [0.15, 0.2) is 46.9 Å². The maximum atomic E-state index is 14.0. The largest absolute Gasteiger partial charge is 0.591 e. The third-order valence-corrected chi connectivity index (χ3v) is 4.95. The summed E-state index contributed by atoms with van der Waals surface area (Å²) in [5, 5.41) is 0. The molecule has 0 saturated carbocycles. The van der Waals surface area contributed by atoms with Crippen LogP contribution in [0.3, 0.4) is 0 Å². The van der Waals surface area contributed by atoms with Crippen LogP contribution in [0, 0.1) is 12.7 Å². The van der Waals surface area contributed by atoms with E-state index in [9.17, 15) is 8.94 Å². The molecule has 4 nitrogen and oxygen atoms in total. The van der Waals surface area contributed by atoms with Crippen LogP contribution in [0.25, 0.3) is 0 Å². The molecule has 0 amide bonds. The quantitative estimate of drug-likeness (QED) is 0.425. The van der Waals surface area contributed by atoms with Crippen molar-refractivity contribution in [3.8, 4) is 5.75 Å². The number of hydrogen-bond acceptors (Lipinski definition) is 4. The number of rotatable bonds is 6. The second-order valence-electron chi connectivity index (χ2n) is 6.86. The van der Waals surface area contributed by atoms with Gasteiger partial charge in [-0.2, -0.15) is 0 Å². The molecule has 26 heavy (non-hydrogen) atoms. The molecule has 0 radical (unpaired) electrons. The van der Waals surface area contributed by atoms with E-state index in [1.807, 2.05) is 52.0 Å². The van der Waals surface area contributed by atoms with E-state index in [4.69, 9.17) is 9.47 Å². The van der Waals surface area contributed by atoms with Crippen molar-refractivity contribution >= 4 is 17.1 Å². The molecule has 0 aliphatic rings. The number of hydrogen-bond donors (Lipinski definition) is 0. The number of halogens is 1. The molecule has 0 aliphatic heterocycles. The zero-order valence-corrected chi connectivity index (χ0v) is 16.5. The van der Waals surface area contributed by atoms with Gasteiger partial charge in [-0.05, 0) is 45.9 Å². The zero-order chi connectivity index (χ0) is 19.3. The van der Waals surface area contributed by atoms with Crippen molar-refractivity contribution in [3.05, 3.63) is 65.0 Å². The molecule has 0 bridgehead atoms. The molecule has 0 aliphatic carbocycles. The number of methoxy groups -OCH3 is 1. The van der Waals surface area contributed by atoms with Gasteiger partial charge in [0.1, 0.15) is 33.4 Å². The van der Waals surface area contributed by atoms with E-state index in [-0.39, 0.29) is 6.79 Å². The first-order valence-corrected chi connectivity index (χ1v) is 9.32. The lowest BCUT2D eigenvalue weighted by Gasteiger charge is -2.20. The van der Waals surface area contributed by atoms with E-state index >= 15 is 0 Å². The van der Waals surface area contributed by atoms with Crippen LogP contribution in [0.4, 0.5) is 4.39 Å². The van der Waals surface area contributed by atoms with Gasteiger partial charge in [-0.3, -0.25) is 0 Å². The van der Waals surface area contributed by atoms with Crippen LogP contribution in [0.1, 0.15) is 37.5 Å². The molecule has 1 atom stereocenters. The van der Waals surface area contributed by atoms with Crippen molar-refractivity contribution in [1.29, 1.82) is 0 Å². The van der Waals surface area contributed by atoms with E-state index < -0.39 is 21.9 Å². The summed E-state index contributed by atoms with van der Waals surface area (Å²) in [6, 6.07) is 11.8. The Morgan fingerprint density at radius 3 is 2.38 bits per heavy atom. The van der Waals surface area contributed by atoms with Gasteiger partial charge in [-0.1, -0.05) is 34.2 Å². The predicted molar refractivity (Wildman–Crippen MR) is 104 cm³/mol. The minimum atomic E-state index is -1.52. The van der Waals surface area contributed by atoms with E-state index in [0.29, 0.717) is 17.0 Å². The Balaban J connectivity index is 2.62. The highest BCUT2D eigenvalue weighted by atomic mass is 32.2. The van der Waals surface area contributed by atoms with Crippen molar-refractivity contribution in [2.75, 3.05) is 13.9 Å². The normalized spacial score (nSPS) is 13.6. The summed E-state index contributed by atoms with van der Waals surface area (Å²) in [6.07, 6.45) is 0. The average Bonchev–Trinajstić information content (AvgIpc) is 2.58. The molecule has 6 heteroatoms. The van der Waals surface area contributed by atoms with Gasteiger partial charge in [-0.25, -0.2) is 4.39 Å². The molecule has 2 aromatic rings. The molecule has 0 spiro atoms. The summed E-state index contributed by atoms with van der Waals surface area (Å²) >= 11 is -1.52. The van der Waals surface area contributed by atoms with E-state index in [0.717, 1.165) is 11.1 Å². The van der Waals surface area contributed by atoms with Crippen molar-refractivity contribution in [1.82, 2.24) is 0 Å². The fourth-order valence-corrected chi connectivity index (χ4v) is 2.77. The molecule has 0 fully saturated rings. The summed E-state index contributed by atoms with van der Waals surface area (Å²) in [6.45, 7) is 7.51. The van der Waals surface area contributed by atoms with Gasteiger partial charge < -0.3 is 14.0 Å². The van der Waals surface area contributed by atoms with Gasteiger partial charge in [-0.15, -0.1) is 0 Å². The fourth-order valence-electron chi connectivity index (χ4n) is 2.12. The topological polar surface area (TPSA) is 53.9 Å². The third kappa shape index (κ3) is 5.30. The standard InChI is InChI=1S/C20H24FNO3S/c1-14-6-8-15(9-7-14)19(22-26(23)20(2,3)4)17-12-16(21)10-11-18(17)25-13-24-5/h6-12H,13H2,1-5H3. The smallest absolute Gasteiger partial charge is 0.188 e. The number of nitrogens with zero attached hydrogens (tertiary/aromatic N) is 1. The van der Waals surface area contributed by atoms with Crippen LogP contribution < -0.4 is 4.74 Å². The summed E-state index contributed by atoms with van der Waals surface area (Å²) < 4.78 is 41.0. The van der Waals surface area contributed by atoms with Crippen LogP contribution in [0.5, 0.6) is 5.75 Å². The Bertz CT molecular complexity index is 770. The number of ether oxygens (including phenoxy) is 2. The molecular weight excluding hydrogens is 353 g/mol. The van der Waals surface area contributed by atoms with Crippen molar-refractivity contribution in [3.63, 3.8) is 0 Å². The number of aryl methyl sites for hydroxylation is 1. The monoisotopic (exact) mass is 377 g/mol. The van der Waals surface area contributed by atoms with Gasteiger partial charge in [0.25, 0.3) is 0 Å². The van der Waals surface area contributed by atoms with Gasteiger partial charge >= 0.3 is 0 Å². The average molecular weight is 377 g/mol. The predicted octanol–water partition coefficient (Wildman–Crippen LogP) is 4.42.